The molecule has 0 saturated carbocycles. The maximum atomic E-state index is 13.4. The summed E-state index contributed by atoms with van der Waals surface area (Å²) >= 11 is 1.47. The molecule has 214 valence electrons. The van der Waals surface area contributed by atoms with Crippen molar-refractivity contribution in [1.29, 1.82) is 0 Å². The van der Waals surface area contributed by atoms with Gasteiger partial charge in [-0.3, -0.25) is 14.4 Å². The highest BCUT2D eigenvalue weighted by molar-refractivity contribution is 7.98. The van der Waals surface area contributed by atoms with Crippen LogP contribution in [-0.4, -0.2) is 80.0 Å². The van der Waals surface area contributed by atoms with Gasteiger partial charge < -0.3 is 36.9 Å². The van der Waals surface area contributed by atoms with Gasteiger partial charge in [0.1, 0.15) is 23.9 Å². The lowest BCUT2D eigenvalue weighted by Crippen LogP contribution is -2.58. The zero-order chi connectivity index (χ0) is 28.9. The van der Waals surface area contributed by atoms with Crippen molar-refractivity contribution >= 4 is 35.5 Å². The number of aromatic hydroxyl groups is 1. The second-order valence-corrected chi connectivity index (χ2v) is 10.4. The van der Waals surface area contributed by atoms with Crippen molar-refractivity contribution in [2.24, 2.45) is 11.7 Å². The van der Waals surface area contributed by atoms with Gasteiger partial charge in [0.2, 0.25) is 17.7 Å². The van der Waals surface area contributed by atoms with Crippen molar-refractivity contribution in [3.8, 4) is 5.75 Å². The fourth-order valence-electron chi connectivity index (χ4n) is 3.80. The Kier molecular flexibility index (Phi) is 12.8. The van der Waals surface area contributed by atoms with Crippen molar-refractivity contribution in [2.75, 3.05) is 12.0 Å². The van der Waals surface area contributed by atoms with E-state index < -0.39 is 47.9 Å². The van der Waals surface area contributed by atoms with Gasteiger partial charge in [-0.05, 0) is 42.0 Å². The van der Waals surface area contributed by atoms with Crippen molar-refractivity contribution in [3.05, 3.63) is 48.0 Å². The second-order valence-electron chi connectivity index (χ2n) is 9.37. The van der Waals surface area contributed by atoms with Crippen LogP contribution in [0.2, 0.25) is 0 Å². The number of thioether (sulfide) groups is 1. The first-order chi connectivity index (χ1) is 18.5. The lowest BCUT2D eigenvalue weighted by atomic mass is 9.98. The van der Waals surface area contributed by atoms with Gasteiger partial charge in [-0.15, -0.1) is 0 Å². The van der Waals surface area contributed by atoms with E-state index in [0.29, 0.717) is 23.4 Å². The number of nitrogens with zero attached hydrogens (tertiary/aromatic N) is 1. The molecule has 0 radical (unpaired) electrons. The molecule has 0 fully saturated rings. The van der Waals surface area contributed by atoms with E-state index in [1.165, 1.54) is 30.2 Å². The number of carboxylic acid groups (broad SMARTS) is 1. The highest BCUT2D eigenvalue weighted by Crippen LogP contribution is 2.13. The summed E-state index contributed by atoms with van der Waals surface area (Å²) in [5.74, 6) is -2.70. The third-order valence-electron chi connectivity index (χ3n) is 6.36. The normalized spacial score (nSPS) is 14.9. The average Bonchev–Trinajstić information content (AvgIpc) is 3.42. The molecule has 2 aromatic rings. The number of nitrogens with two attached hydrogens (primary N) is 1. The smallest absolute Gasteiger partial charge is 0.326 e. The number of aliphatic carboxylic acids is 1. The van der Waals surface area contributed by atoms with Crippen LogP contribution in [0.1, 0.15) is 37.9 Å². The Morgan fingerprint density at radius 2 is 1.67 bits per heavy atom. The zero-order valence-corrected chi connectivity index (χ0v) is 23.2. The van der Waals surface area contributed by atoms with E-state index in [4.69, 9.17) is 5.73 Å². The number of nitrogens with one attached hydrogen (secondary N) is 4. The summed E-state index contributed by atoms with van der Waals surface area (Å²) in [4.78, 5) is 58.0. The van der Waals surface area contributed by atoms with E-state index in [-0.39, 0.29) is 30.9 Å². The van der Waals surface area contributed by atoms with Crippen LogP contribution in [-0.2, 0) is 32.0 Å². The molecule has 0 bridgehead atoms. The minimum Gasteiger partial charge on any atom is -0.508 e. The number of aromatic nitrogens is 2. The molecule has 0 aliphatic carbocycles. The Labute approximate surface area is 231 Å². The van der Waals surface area contributed by atoms with Gasteiger partial charge in [-0.1, -0.05) is 32.4 Å². The molecular weight excluding hydrogens is 524 g/mol. The standard InChI is InChI=1S/C26H38N6O6S/c1-4-15(2)22(26(37)38)32-24(35)20(9-10-39-3)30-25(36)21(11-16-5-7-18(33)8-6-16)31-23(34)19(27)12-17-13-28-14-29-17/h5-8,13-15,19-22,33H,4,9-12,27H2,1-3H3,(H,28,29)(H,30,36)(H,31,34)(H,32,35)(H,37,38). The summed E-state index contributed by atoms with van der Waals surface area (Å²) in [6, 6.07) is 1.98. The Bertz CT molecular complexity index is 1080. The van der Waals surface area contributed by atoms with Gasteiger partial charge in [-0.2, -0.15) is 11.8 Å². The third kappa shape index (κ3) is 10.2. The molecule has 39 heavy (non-hydrogen) atoms. The molecule has 3 amide bonds. The number of aromatic amines is 1. The largest absolute Gasteiger partial charge is 0.508 e. The number of rotatable bonds is 16. The van der Waals surface area contributed by atoms with Crippen LogP contribution in [0.25, 0.3) is 0 Å². The number of carboxylic acids is 1. The highest BCUT2D eigenvalue weighted by Gasteiger charge is 2.32. The first-order valence-electron chi connectivity index (χ1n) is 12.7. The predicted molar refractivity (Wildman–Crippen MR) is 148 cm³/mol. The van der Waals surface area contributed by atoms with Gasteiger partial charge in [0, 0.05) is 24.7 Å². The molecule has 0 aliphatic rings. The Hall–Kier alpha value is -3.58. The molecule has 1 aromatic carbocycles. The van der Waals surface area contributed by atoms with E-state index in [1.54, 1.807) is 25.3 Å². The number of hydrogen-bond donors (Lipinski definition) is 7. The summed E-state index contributed by atoms with van der Waals surface area (Å²) in [6.45, 7) is 3.55. The molecule has 5 atom stereocenters. The van der Waals surface area contributed by atoms with Crippen molar-refractivity contribution in [1.82, 2.24) is 25.9 Å². The Morgan fingerprint density at radius 3 is 2.23 bits per heavy atom. The maximum Gasteiger partial charge on any atom is 0.326 e. The van der Waals surface area contributed by atoms with Crippen LogP contribution in [0.5, 0.6) is 5.75 Å². The zero-order valence-electron chi connectivity index (χ0n) is 22.3. The Balaban J connectivity index is 2.22. The lowest BCUT2D eigenvalue weighted by molar-refractivity contribution is -0.143. The number of imidazole rings is 1. The molecule has 2 rings (SSSR count). The quantitative estimate of drug-likeness (QED) is 0.153. The van der Waals surface area contributed by atoms with Gasteiger partial charge in [0.05, 0.1) is 12.4 Å². The summed E-state index contributed by atoms with van der Waals surface area (Å²) in [5.41, 5.74) is 7.37. The second kappa shape index (κ2) is 15.7. The highest BCUT2D eigenvalue weighted by atomic mass is 32.2. The summed E-state index contributed by atoms with van der Waals surface area (Å²) in [5, 5.41) is 27.1. The molecule has 13 heteroatoms. The fraction of sp³-hybridized carbons (Fsp3) is 0.500. The van der Waals surface area contributed by atoms with Crippen LogP contribution in [0.4, 0.5) is 0 Å². The van der Waals surface area contributed by atoms with E-state index in [1.807, 2.05) is 13.2 Å². The van der Waals surface area contributed by atoms with E-state index in [2.05, 4.69) is 25.9 Å². The molecule has 8 N–H and O–H groups in total. The minimum atomic E-state index is -1.16. The number of benzene rings is 1. The minimum absolute atomic E-state index is 0.0495. The molecule has 12 nitrogen and oxygen atoms in total. The SMILES string of the molecule is CCC(C)C(NC(=O)C(CCSC)NC(=O)C(Cc1ccc(O)cc1)NC(=O)C(N)Cc1cnc[nH]1)C(=O)O. The van der Waals surface area contributed by atoms with E-state index in [9.17, 15) is 29.4 Å². The van der Waals surface area contributed by atoms with Crippen molar-refractivity contribution in [2.45, 2.75) is 63.7 Å². The summed E-state index contributed by atoms with van der Waals surface area (Å²) < 4.78 is 0. The van der Waals surface area contributed by atoms with Crippen LogP contribution in [0.15, 0.2) is 36.8 Å². The Morgan fingerprint density at radius 1 is 1.03 bits per heavy atom. The third-order valence-corrected chi connectivity index (χ3v) is 7.00. The van der Waals surface area contributed by atoms with Crippen LogP contribution in [0.3, 0.4) is 0 Å². The maximum absolute atomic E-state index is 13.4. The monoisotopic (exact) mass is 562 g/mol. The topological polar surface area (TPSA) is 200 Å². The van der Waals surface area contributed by atoms with Gasteiger partial charge in [0.25, 0.3) is 0 Å². The van der Waals surface area contributed by atoms with Gasteiger partial charge >= 0.3 is 5.97 Å². The van der Waals surface area contributed by atoms with Crippen LogP contribution >= 0.6 is 11.8 Å². The number of carbonyl (C=O) groups excluding carboxylic acids is 3. The number of carbonyl (C=O) groups is 4. The average molecular weight is 563 g/mol. The first kappa shape index (κ1) is 31.6. The molecule has 0 spiro atoms. The van der Waals surface area contributed by atoms with Gasteiger partial charge in [0.15, 0.2) is 0 Å². The fourth-order valence-corrected chi connectivity index (χ4v) is 4.27. The predicted octanol–water partition coefficient (Wildman–Crippen LogP) is 0.566. The first-order valence-corrected chi connectivity index (χ1v) is 14.1. The lowest BCUT2D eigenvalue weighted by Gasteiger charge is -2.26. The molecular formula is C26H38N6O6S. The molecule has 5 unspecified atom stereocenters. The van der Waals surface area contributed by atoms with Crippen LogP contribution in [0, 0.1) is 5.92 Å². The number of H-pyrrole nitrogens is 1. The molecule has 0 aliphatic heterocycles. The number of amides is 3. The van der Waals surface area contributed by atoms with E-state index >= 15 is 0 Å². The molecule has 1 aromatic heterocycles. The van der Waals surface area contributed by atoms with Crippen LogP contribution < -0.4 is 21.7 Å². The summed E-state index contributed by atoms with van der Waals surface area (Å²) in [7, 11) is 0. The number of hydrogen-bond acceptors (Lipinski definition) is 8. The summed E-state index contributed by atoms with van der Waals surface area (Å²) in [6.07, 6.45) is 5.90. The number of phenols is 1. The van der Waals surface area contributed by atoms with Crippen molar-refractivity contribution in [3.63, 3.8) is 0 Å². The van der Waals surface area contributed by atoms with Gasteiger partial charge in [-0.25, -0.2) is 9.78 Å². The van der Waals surface area contributed by atoms with E-state index in [0.717, 1.165) is 0 Å². The molecule has 0 saturated heterocycles. The van der Waals surface area contributed by atoms with Crippen molar-refractivity contribution < 1.29 is 29.4 Å². The molecule has 1 heterocycles. The number of phenolic OH excluding ortho intramolecular Hbond substituents is 1.